The van der Waals surface area contributed by atoms with Gasteiger partial charge in [0.15, 0.2) is 0 Å². The lowest BCUT2D eigenvalue weighted by molar-refractivity contribution is -0.873. The number of unbranched alkanes of at least 4 members (excludes halogenated alkanes) is 18. The Hall–Kier alpha value is -0.190. The van der Waals surface area contributed by atoms with Gasteiger partial charge in [0.25, 0.3) is 0 Å². The number of allylic oxidation sites excluding steroid dienone is 2. The highest BCUT2D eigenvalue weighted by atomic mass is 31.2. The van der Waals surface area contributed by atoms with Gasteiger partial charge in [0.05, 0.1) is 21.1 Å². The molecule has 0 heterocycles. The summed E-state index contributed by atoms with van der Waals surface area (Å²) in [6.07, 6.45) is 31.5. The van der Waals surface area contributed by atoms with E-state index in [0.717, 1.165) is 19.3 Å². The first-order valence-corrected chi connectivity index (χ1v) is 16.4. The third-order valence-corrected chi connectivity index (χ3v) is 7.15. The molecule has 0 saturated heterocycles. The molecular weight excluding hydrogens is 457 g/mol. The maximum atomic E-state index is 11.2. The molecule has 0 amide bonds. The summed E-state index contributed by atoms with van der Waals surface area (Å²) in [4.78, 5) is 18.3. The molecule has 1 atom stereocenters. The Morgan fingerprint density at radius 3 is 1.40 bits per heavy atom. The first-order chi connectivity index (χ1) is 16.6. The molecule has 0 aromatic heterocycles. The third kappa shape index (κ3) is 29.9. The van der Waals surface area contributed by atoms with Crippen LogP contribution < -0.4 is 0 Å². The molecule has 6 heteroatoms. The van der Waals surface area contributed by atoms with E-state index >= 15 is 0 Å². The third-order valence-electron chi connectivity index (χ3n) is 6.58. The van der Waals surface area contributed by atoms with Gasteiger partial charge in [-0.1, -0.05) is 122 Å². The summed E-state index contributed by atoms with van der Waals surface area (Å²) in [6, 6.07) is 0. The Morgan fingerprint density at radius 2 is 1.03 bits per heavy atom. The minimum atomic E-state index is -4.42. The molecule has 35 heavy (non-hydrogen) atoms. The Balaban J connectivity index is 3.43. The van der Waals surface area contributed by atoms with Gasteiger partial charge in [-0.2, -0.15) is 0 Å². The summed E-state index contributed by atoms with van der Waals surface area (Å²) < 4.78 is 16.9. The van der Waals surface area contributed by atoms with Crippen LogP contribution in [-0.2, 0) is 9.09 Å². The zero-order chi connectivity index (χ0) is 26.3. The van der Waals surface area contributed by atoms with Crippen molar-refractivity contribution in [3.63, 3.8) is 0 Å². The van der Waals surface area contributed by atoms with Crippen molar-refractivity contribution in [1.82, 2.24) is 0 Å². The van der Waals surface area contributed by atoms with E-state index in [-0.39, 0.29) is 6.10 Å². The smallest absolute Gasteiger partial charge is 0.329 e. The second-order valence-electron chi connectivity index (χ2n) is 11.5. The van der Waals surface area contributed by atoms with Crippen molar-refractivity contribution in [1.29, 1.82) is 0 Å². The molecule has 0 aliphatic carbocycles. The predicted molar refractivity (Wildman–Crippen MR) is 152 cm³/mol. The highest BCUT2D eigenvalue weighted by Crippen LogP contribution is 2.39. The van der Waals surface area contributed by atoms with Crippen LogP contribution in [-0.4, -0.2) is 48.1 Å². The Kier molecular flexibility index (Phi) is 22.8. The molecule has 5 nitrogen and oxygen atoms in total. The number of likely N-dealkylation sites (N-methyl/N-ethyl adjacent to an activating group) is 1. The summed E-state index contributed by atoms with van der Waals surface area (Å²) in [5, 5.41) is 0. The van der Waals surface area contributed by atoms with Crippen LogP contribution in [0.4, 0.5) is 0 Å². The van der Waals surface area contributed by atoms with Gasteiger partial charge in [-0.05, 0) is 32.1 Å². The fourth-order valence-corrected chi connectivity index (χ4v) is 5.22. The van der Waals surface area contributed by atoms with Gasteiger partial charge in [0.1, 0.15) is 12.6 Å². The first-order valence-electron chi connectivity index (χ1n) is 14.8. The van der Waals surface area contributed by atoms with Crippen LogP contribution in [0.25, 0.3) is 0 Å². The SMILES string of the molecule is CCCCCCCCC=CCCCCCCCCCCCCCCC(C[N+](C)(C)C)OP(=O)(O)O. The van der Waals surface area contributed by atoms with Gasteiger partial charge in [0, 0.05) is 0 Å². The maximum Gasteiger partial charge on any atom is 0.470 e. The quantitative estimate of drug-likeness (QED) is 0.0519. The van der Waals surface area contributed by atoms with E-state index in [1.807, 2.05) is 21.1 Å². The van der Waals surface area contributed by atoms with Crippen LogP contribution in [0.1, 0.15) is 142 Å². The summed E-state index contributed by atoms with van der Waals surface area (Å²) in [6.45, 7) is 2.89. The summed E-state index contributed by atoms with van der Waals surface area (Å²) in [5.74, 6) is 0. The topological polar surface area (TPSA) is 66.8 Å². The molecule has 2 N–H and O–H groups in total. The monoisotopic (exact) mass is 518 g/mol. The lowest BCUT2D eigenvalue weighted by Gasteiger charge is -2.29. The fourth-order valence-electron chi connectivity index (χ4n) is 4.66. The molecule has 0 aliphatic heterocycles. The summed E-state index contributed by atoms with van der Waals surface area (Å²) in [5.41, 5.74) is 0. The van der Waals surface area contributed by atoms with Crippen LogP contribution in [0.3, 0.4) is 0 Å². The second kappa shape index (κ2) is 23.0. The van der Waals surface area contributed by atoms with Crippen LogP contribution in [0, 0.1) is 0 Å². The number of hydrogen-bond donors (Lipinski definition) is 2. The highest BCUT2D eigenvalue weighted by Gasteiger charge is 2.26. The molecule has 0 bridgehead atoms. The van der Waals surface area contributed by atoms with Crippen molar-refractivity contribution in [3.05, 3.63) is 12.2 Å². The van der Waals surface area contributed by atoms with Crippen molar-refractivity contribution in [2.24, 2.45) is 0 Å². The summed E-state index contributed by atoms with van der Waals surface area (Å²) >= 11 is 0. The zero-order valence-electron chi connectivity index (χ0n) is 23.9. The van der Waals surface area contributed by atoms with Crippen molar-refractivity contribution in [2.75, 3.05) is 27.7 Å². The number of phosphoric acid groups is 1. The molecule has 0 fully saturated rings. The molecule has 0 rings (SSSR count). The van der Waals surface area contributed by atoms with Gasteiger partial charge in [-0.15, -0.1) is 0 Å². The van der Waals surface area contributed by atoms with E-state index in [1.165, 1.54) is 116 Å². The lowest BCUT2D eigenvalue weighted by atomic mass is 10.0. The van der Waals surface area contributed by atoms with Gasteiger partial charge in [-0.25, -0.2) is 4.57 Å². The molecule has 0 spiro atoms. The molecule has 0 aliphatic rings. The number of nitrogens with zero attached hydrogens (tertiary/aromatic N) is 1. The number of phosphoric ester groups is 1. The average molecular weight is 519 g/mol. The van der Waals surface area contributed by atoms with Crippen LogP contribution in [0.5, 0.6) is 0 Å². The van der Waals surface area contributed by atoms with E-state index in [0.29, 0.717) is 11.0 Å². The van der Waals surface area contributed by atoms with Crippen LogP contribution in [0.15, 0.2) is 12.2 Å². The molecule has 0 radical (unpaired) electrons. The number of rotatable bonds is 26. The van der Waals surface area contributed by atoms with Crippen LogP contribution >= 0.6 is 7.82 Å². The van der Waals surface area contributed by atoms with Crippen LogP contribution in [0.2, 0.25) is 0 Å². The Labute approximate surface area is 218 Å². The minimum absolute atomic E-state index is 0.378. The predicted octanol–water partition coefficient (Wildman–Crippen LogP) is 8.94. The molecule has 1 unspecified atom stereocenters. The van der Waals surface area contributed by atoms with Gasteiger partial charge < -0.3 is 14.3 Å². The summed E-state index contributed by atoms with van der Waals surface area (Å²) in [7, 11) is 1.64. The molecule has 0 aromatic carbocycles. The van der Waals surface area contributed by atoms with E-state index in [2.05, 4.69) is 19.1 Å². The number of quaternary nitrogens is 1. The normalized spacial score (nSPS) is 13.7. The molecule has 210 valence electrons. The van der Waals surface area contributed by atoms with Gasteiger partial charge in [-0.3, -0.25) is 4.52 Å². The van der Waals surface area contributed by atoms with Crippen molar-refractivity contribution in [3.8, 4) is 0 Å². The van der Waals surface area contributed by atoms with E-state index in [9.17, 15) is 4.57 Å². The van der Waals surface area contributed by atoms with Crippen molar-refractivity contribution >= 4 is 7.82 Å². The van der Waals surface area contributed by atoms with E-state index in [4.69, 9.17) is 14.3 Å². The Morgan fingerprint density at radius 1 is 0.657 bits per heavy atom. The largest absolute Gasteiger partial charge is 0.470 e. The highest BCUT2D eigenvalue weighted by molar-refractivity contribution is 7.46. The van der Waals surface area contributed by atoms with E-state index < -0.39 is 7.82 Å². The Bertz CT molecular complexity index is 527. The lowest BCUT2D eigenvalue weighted by Crippen LogP contribution is -2.42. The van der Waals surface area contributed by atoms with Crippen molar-refractivity contribution < 1.29 is 23.4 Å². The van der Waals surface area contributed by atoms with Crippen molar-refractivity contribution in [2.45, 2.75) is 148 Å². The fraction of sp³-hybridized carbons (Fsp3) is 0.931. The molecule has 0 saturated carbocycles. The van der Waals surface area contributed by atoms with E-state index in [1.54, 1.807) is 0 Å². The second-order valence-corrected chi connectivity index (χ2v) is 12.7. The average Bonchev–Trinajstić information content (AvgIpc) is 2.75. The van der Waals surface area contributed by atoms with Gasteiger partial charge in [0.2, 0.25) is 0 Å². The standard InChI is InChI=1S/C29H60NO4P/c1-5-6-7-8-9-10-11-12-13-14-15-16-17-18-19-20-21-22-23-24-25-26-27-29(28-30(2,3)4)34-35(31,32)33/h12-13,29H,5-11,14-28H2,1-4H3,(H-,31,32,33)/p+1. The minimum Gasteiger partial charge on any atom is -0.329 e. The first kappa shape index (κ1) is 34.8. The van der Waals surface area contributed by atoms with Gasteiger partial charge >= 0.3 is 7.82 Å². The maximum absolute atomic E-state index is 11.2. The molecular formula is C29H61NO4P+. The molecule has 0 aromatic rings. The zero-order valence-corrected chi connectivity index (χ0v) is 24.8. The number of hydrogen-bond acceptors (Lipinski definition) is 2.